The zero-order chi connectivity index (χ0) is 7.82. The van der Waals surface area contributed by atoms with Crippen LogP contribution in [0.3, 0.4) is 0 Å². The highest BCUT2D eigenvalue weighted by Crippen LogP contribution is 1.96. The topological polar surface area (TPSA) is 26.0 Å². The maximum atomic E-state index is 5.57. The Morgan fingerprint density at radius 1 is 1.30 bits per heavy atom. The van der Waals surface area contributed by atoms with Crippen molar-refractivity contribution < 1.29 is 0 Å². The van der Waals surface area contributed by atoms with Gasteiger partial charge in [-0.2, -0.15) is 0 Å². The lowest BCUT2D eigenvalue weighted by atomic mass is 10.2. The fourth-order valence-electron chi connectivity index (χ4n) is 0.761. The van der Waals surface area contributed by atoms with Crippen molar-refractivity contribution in [1.29, 1.82) is 0 Å². The quantitative estimate of drug-likeness (QED) is 0.585. The van der Waals surface area contributed by atoms with Crippen LogP contribution in [-0.4, -0.2) is 6.04 Å². The first-order valence-electron chi connectivity index (χ1n) is 4.18. The molecule has 0 saturated heterocycles. The van der Waals surface area contributed by atoms with Crippen molar-refractivity contribution in [3.63, 3.8) is 0 Å². The number of unbranched alkanes of at least 4 members (excludes halogenated alkanes) is 1. The molecule has 0 aliphatic heterocycles. The van der Waals surface area contributed by atoms with Gasteiger partial charge in [0.1, 0.15) is 0 Å². The summed E-state index contributed by atoms with van der Waals surface area (Å²) < 4.78 is 0. The molecule has 0 aliphatic carbocycles. The SMILES string of the molecule is CCC/C=C/CC[C@@H](C)N. The average Bonchev–Trinajstić information content (AvgIpc) is 1.87. The van der Waals surface area contributed by atoms with Crippen LogP contribution in [0.5, 0.6) is 0 Å². The molecule has 0 aromatic rings. The molecule has 1 heteroatoms. The lowest BCUT2D eigenvalue weighted by Crippen LogP contribution is -2.13. The molecule has 0 aromatic carbocycles. The standard InChI is InChI=1S/C9H19N/c1-3-4-5-6-7-8-9(2)10/h5-6,9H,3-4,7-8,10H2,1-2H3/b6-5+/t9-/m1/s1. The van der Waals surface area contributed by atoms with Crippen LogP contribution in [-0.2, 0) is 0 Å². The summed E-state index contributed by atoms with van der Waals surface area (Å²) in [5.41, 5.74) is 5.57. The first-order valence-corrected chi connectivity index (χ1v) is 4.18. The third-order valence-electron chi connectivity index (χ3n) is 1.41. The number of hydrogen-bond acceptors (Lipinski definition) is 1. The maximum absolute atomic E-state index is 5.57. The van der Waals surface area contributed by atoms with E-state index in [1.165, 1.54) is 12.8 Å². The van der Waals surface area contributed by atoms with Crippen molar-refractivity contribution in [1.82, 2.24) is 0 Å². The Morgan fingerprint density at radius 2 is 1.90 bits per heavy atom. The largest absolute Gasteiger partial charge is 0.328 e. The van der Waals surface area contributed by atoms with E-state index in [1.807, 2.05) is 6.92 Å². The molecule has 0 amide bonds. The van der Waals surface area contributed by atoms with Gasteiger partial charge in [0.25, 0.3) is 0 Å². The number of rotatable bonds is 5. The van der Waals surface area contributed by atoms with Gasteiger partial charge in [-0.1, -0.05) is 25.5 Å². The van der Waals surface area contributed by atoms with E-state index in [4.69, 9.17) is 5.73 Å². The Labute approximate surface area is 64.3 Å². The average molecular weight is 141 g/mol. The molecule has 0 spiro atoms. The highest BCUT2D eigenvalue weighted by Gasteiger charge is 1.88. The normalized spacial score (nSPS) is 14.3. The highest BCUT2D eigenvalue weighted by molar-refractivity contribution is 4.81. The Morgan fingerprint density at radius 3 is 2.40 bits per heavy atom. The van der Waals surface area contributed by atoms with Gasteiger partial charge in [0.2, 0.25) is 0 Å². The molecule has 1 atom stereocenters. The van der Waals surface area contributed by atoms with E-state index in [0.29, 0.717) is 6.04 Å². The summed E-state index contributed by atoms with van der Waals surface area (Å²) in [5.74, 6) is 0. The first kappa shape index (κ1) is 9.70. The van der Waals surface area contributed by atoms with E-state index in [2.05, 4.69) is 19.1 Å². The van der Waals surface area contributed by atoms with Crippen LogP contribution >= 0.6 is 0 Å². The van der Waals surface area contributed by atoms with Gasteiger partial charge >= 0.3 is 0 Å². The van der Waals surface area contributed by atoms with Crippen LogP contribution in [0, 0.1) is 0 Å². The third kappa shape index (κ3) is 7.70. The molecule has 0 bridgehead atoms. The van der Waals surface area contributed by atoms with Gasteiger partial charge in [0.05, 0.1) is 0 Å². The van der Waals surface area contributed by atoms with E-state index in [9.17, 15) is 0 Å². The summed E-state index contributed by atoms with van der Waals surface area (Å²) in [5, 5.41) is 0. The summed E-state index contributed by atoms with van der Waals surface area (Å²) in [6.07, 6.45) is 9.17. The van der Waals surface area contributed by atoms with E-state index >= 15 is 0 Å². The zero-order valence-corrected chi connectivity index (χ0v) is 7.14. The van der Waals surface area contributed by atoms with Gasteiger partial charge < -0.3 is 5.73 Å². The van der Waals surface area contributed by atoms with E-state index in [1.54, 1.807) is 0 Å². The Bertz CT molecular complexity index is 84.7. The molecule has 0 aromatic heterocycles. The van der Waals surface area contributed by atoms with Crippen LogP contribution in [0.1, 0.15) is 39.5 Å². The summed E-state index contributed by atoms with van der Waals surface area (Å²) >= 11 is 0. The molecule has 2 N–H and O–H groups in total. The summed E-state index contributed by atoms with van der Waals surface area (Å²) in [6.45, 7) is 4.24. The summed E-state index contributed by atoms with van der Waals surface area (Å²) in [4.78, 5) is 0. The lowest BCUT2D eigenvalue weighted by molar-refractivity contribution is 0.675. The molecule has 10 heavy (non-hydrogen) atoms. The van der Waals surface area contributed by atoms with Crippen LogP contribution in [0.2, 0.25) is 0 Å². The van der Waals surface area contributed by atoms with Crippen LogP contribution in [0.25, 0.3) is 0 Å². The van der Waals surface area contributed by atoms with Crippen molar-refractivity contribution in [2.24, 2.45) is 5.73 Å². The van der Waals surface area contributed by atoms with Crippen molar-refractivity contribution >= 4 is 0 Å². The predicted octanol–water partition coefficient (Wildman–Crippen LogP) is 2.47. The third-order valence-corrected chi connectivity index (χ3v) is 1.41. The van der Waals surface area contributed by atoms with Crippen molar-refractivity contribution in [3.8, 4) is 0 Å². The van der Waals surface area contributed by atoms with E-state index in [-0.39, 0.29) is 0 Å². The second kappa shape index (κ2) is 6.81. The van der Waals surface area contributed by atoms with Crippen molar-refractivity contribution in [2.45, 2.75) is 45.6 Å². The van der Waals surface area contributed by atoms with E-state index in [0.717, 1.165) is 12.8 Å². The predicted molar refractivity (Wildman–Crippen MR) is 46.9 cm³/mol. The fraction of sp³-hybridized carbons (Fsp3) is 0.778. The molecule has 0 aliphatic rings. The molecule has 60 valence electrons. The zero-order valence-electron chi connectivity index (χ0n) is 7.14. The smallest absolute Gasteiger partial charge is 0.00134 e. The maximum Gasteiger partial charge on any atom is 0.00134 e. The molecule has 0 unspecified atom stereocenters. The van der Waals surface area contributed by atoms with Gasteiger partial charge in [-0.05, 0) is 26.2 Å². The molecule has 1 nitrogen and oxygen atoms in total. The number of allylic oxidation sites excluding steroid dienone is 2. The monoisotopic (exact) mass is 141 g/mol. The number of nitrogens with two attached hydrogens (primary N) is 1. The second-order valence-corrected chi connectivity index (χ2v) is 2.81. The minimum atomic E-state index is 0.353. The first-order chi connectivity index (χ1) is 4.77. The second-order valence-electron chi connectivity index (χ2n) is 2.81. The van der Waals surface area contributed by atoms with Gasteiger partial charge in [-0.3, -0.25) is 0 Å². The Kier molecular flexibility index (Phi) is 6.61. The van der Waals surface area contributed by atoms with Gasteiger partial charge in [-0.15, -0.1) is 0 Å². The summed E-state index contributed by atoms with van der Waals surface area (Å²) in [7, 11) is 0. The molecule has 0 saturated carbocycles. The molecular formula is C9H19N. The van der Waals surface area contributed by atoms with Crippen molar-refractivity contribution in [2.75, 3.05) is 0 Å². The van der Waals surface area contributed by atoms with Crippen molar-refractivity contribution in [3.05, 3.63) is 12.2 Å². The van der Waals surface area contributed by atoms with Gasteiger partial charge in [-0.25, -0.2) is 0 Å². The van der Waals surface area contributed by atoms with Crippen LogP contribution < -0.4 is 5.73 Å². The Hall–Kier alpha value is -0.300. The van der Waals surface area contributed by atoms with Gasteiger partial charge in [0.15, 0.2) is 0 Å². The minimum absolute atomic E-state index is 0.353. The van der Waals surface area contributed by atoms with Crippen LogP contribution in [0.15, 0.2) is 12.2 Å². The molecule has 0 heterocycles. The molecule has 0 fully saturated rings. The lowest BCUT2D eigenvalue weighted by Gasteiger charge is -1.98. The summed E-state index contributed by atoms with van der Waals surface area (Å²) in [6, 6.07) is 0.353. The van der Waals surface area contributed by atoms with Gasteiger partial charge in [0, 0.05) is 6.04 Å². The highest BCUT2D eigenvalue weighted by atomic mass is 14.6. The molecule has 0 radical (unpaired) electrons. The number of hydrogen-bond donors (Lipinski definition) is 1. The fourth-order valence-corrected chi connectivity index (χ4v) is 0.761. The van der Waals surface area contributed by atoms with E-state index < -0.39 is 0 Å². The van der Waals surface area contributed by atoms with Crippen LogP contribution in [0.4, 0.5) is 0 Å². The molecule has 0 rings (SSSR count). The Balaban J connectivity index is 3.02. The minimum Gasteiger partial charge on any atom is -0.328 e. The molecular weight excluding hydrogens is 122 g/mol.